The molecule has 7 rings (SSSR count). The monoisotopic (exact) mass is 1560 g/mol. The van der Waals surface area contributed by atoms with Crippen molar-refractivity contribution in [2.24, 2.45) is 16.7 Å². The first kappa shape index (κ1) is 82.2. The van der Waals surface area contributed by atoms with Gasteiger partial charge in [-0.05, 0) is 170 Å². The van der Waals surface area contributed by atoms with Crippen molar-refractivity contribution in [1.29, 1.82) is 0 Å². The van der Waals surface area contributed by atoms with E-state index < -0.39 is 24.2 Å². The van der Waals surface area contributed by atoms with Crippen LogP contribution in [0.4, 0.5) is 0 Å². The lowest BCUT2D eigenvalue weighted by atomic mass is 9.67. The van der Waals surface area contributed by atoms with E-state index in [4.69, 9.17) is 74.3 Å². The molecule has 4 aliphatic carbocycles. The van der Waals surface area contributed by atoms with Crippen LogP contribution in [-0.4, -0.2) is 65.0 Å². The number of allylic oxidation sites excluding steroid dienone is 6. The van der Waals surface area contributed by atoms with Crippen molar-refractivity contribution >= 4 is 207 Å². The SMILES string of the molecule is C=C(C)C[C@@H](O)CC#CCC.C=C1C(c2cc(Cl)c(C)c(Cl)c2)=C([Si](C)(C)C)C[C@@]2(C)C[C@@H](O)C[C@H]12.CC1=C2C[C@H](O)C[C@]2(C)CC([Si](C)(C)C)=C1c1cc(Cl)c(C)c(Cl)c1.COc1c(Cl)cc(C#C[Si](C)(C)C)cc1Cl.S=S=S=S=S=S=S=S=S=S=S. The molecule has 0 aliphatic heterocycles. The molecule has 0 saturated heterocycles. The van der Waals surface area contributed by atoms with E-state index in [0.717, 1.165) is 88.4 Å². The minimum absolute atomic E-state index is 0.0981. The molecule has 0 aromatic heterocycles. The molecule has 4 aliphatic rings. The van der Waals surface area contributed by atoms with Crippen LogP contribution in [0, 0.1) is 53.9 Å². The lowest BCUT2D eigenvalue weighted by Gasteiger charge is -2.44. The van der Waals surface area contributed by atoms with Crippen molar-refractivity contribution in [2.45, 2.75) is 183 Å². The Hall–Kier alpha value is -0.0294. The Morgan fingerprint density at radius 3 is 1.57 bits per heavy atom. The number of fused-ring (bicyclic) bond motifs is 2. The first-order valence-corrected chi connectivity index (χ1v) is 54.6. The molecule has 2 saturated carbocycles. The van der Waals surface area contributed by atoms with Gasteiger partial charge in [0.2, 0.25) is 0 Å². The maximum atomic E-state index is 10.3. The minimum atomic E-state index is -1.57. The molecule has 0 radical (unpaired) electrons. The Balaban J connectivity index is 0.000000301. The van der Waals surface area contributed by atoms with E-state index in [1.54, 1.807) is 86.6 Å². The number of halogens is 6. The van der Waals surface area contributed by atoms with Crippen molar-refractivity contribution in [2.75, 3.05) is 7.11 Å². The Bertz CT molecular complexity index is 3660. The molecule has 6 atom stereocenters. The number of benzene rings is 3. The number of hydrogen-bond acceptors (Lipinski definition) is 6. The molecule has 0 heterocycles. The maximum absolute atomic E-state index is 10.3. The molecule has 0 bridgehead atoms. The molecule has 3 aromatic rings. The van der Waals surface area contributed by atoms with Gasteiger partial charge in [0.1, 0.15) is 8.07 Å². The molecule has 88 heavy (non-hydrogen) atoms. The van der Waals surface area contributed by atoms with Gasteiger partial charge < -0.3 is 20.1 Å². The summed E-state index contributed by atoms with van der Waals surface area (Å²) in [5.41, 5.74) is 15.9. The zero-order valence-electron chi connectivity index (χ0n) is 53.6. The van der Waals surface area contributed by atoms with E-state index in [-0.39, 0.29) is 29.1 Å². The molecule has 0 unspecified atom stereocenters. The third-order valence-electron chi connectivity index (χ3n) is 15.4. The van der Waals surface area contributed by atoms with Crippen LogP contribution in [0.1, 0.15) is 120 Å². The van der Waals surface area contributed by atoms with Crippen molar-refractivity contribution in [1.82, 2.24) is 0 Å². The van der Waals surface area contributed by atoms with E-state index in [1.165, 1.54) is 50.8 Å². The van der Waals surface area contributed by atoms with Gasteiger partial charge in [-0.3, -0.25) is 0 Å². The molecule has 486 valence electrons. The van der Waals surface area contributed by atoms with Crippen LogP contribution in [-0.2, 0) is 102 Å². The molecule has 4 nitrogen and oxygen atoms in total. The second kappa shape index (κ2) is 37.5. The van der Waals surface area contributed by atoms with Crippen LogP contribution < -0.4 is 4.74 Å². The lowest BCUT2D eigenvalue weighted by molar-refractivity contribution is 0.163. The van der Waals surface area contributed by atoms with E-state index in [2.05, 4.69) is 151 Å². The predicted octanol–water partition coefficient (Wildman–Crippen LogP) is 19.8. The molecule has 2 fully saturated rings. The highest BCUT2D eigenvalue weighted by molar-refractivity contribution is 8.74. The third-order valence-corrected chi connectivity index (χ3v) is 40.7. The van der Waals surface area contributed by atoms with Gasteiger partial charge in [0.15, 0.2) is 5.75 Å². The molecule has 3 aromatic carbocycles. The Kier molecular flexibility index (Phi) is 35.0. The van der Waals surface area contributed by atoms with Gasteiger partial charge >= 0.3 is 0 Å². The Morgan fingerprint density at radius 1 is 0.693 bits per heavy atom. The van der Waals surface area contributed by atoms with Gasteiger partial charge in [-0.1, -0.05) is 183 Å². The summed E-state index contributed by atoms with van der Waals surface area (Å²) < 4.78 is 5.07. The summed E-state index contributed by atoms with van der Waals surface area (Å²) in [6.45, 7) is 43.9. The summed E-state index contributed by atoms with van der Waals surface area (Å²) in [6.07, 6.45) is 6.76. The highest BCUT2D eigenvalue weighted by atomic mass is 35.5. The smallest absolute Gasteiger partial charge is 0.156 e. The van der Waals surface area contributed by atoms with Gasteiger partial charge in [0.25, 0.3) is 0 Å². The summed E-state index contributed by atoms with van der Waals surface area (Å²) in [6, 6.07) is 11.8. The van der Waals surface area contributed by atoms with Gasteiger partial charge in [0, 0.05) is 141 Å². The number of aliphatic hydroxyl groups is 3. The van der Waals surface area contributed by atoms with Crippen molar-refractivity contribution < 1.29 is 20.1 Å². The predicted molar refractivity (Wildman–Crippen MR) is 427 cm³/mol. The Morgan fingerprint density at radius 2 is 1.15 bits per heavy atom. The summed E-state index contributed by atoms with van der Waals surface area (Å²) in [4.78, 5) is 0. The topological polar surface area (TPSA) is 69.9 Å². The Labute approximate surface area is 596 Å². The summed E-state index contributed by atoms with van der Waals surface area (Å²) in [5.74, 6) is 9.75. The van der Waals surface area contributed by atoms with Gasteiger partial charge in [0.05, 0.1) is 51.6 Å². The molecular weight excluding hydrogens is 1480 g/mol. The molecular formula is C64H86Cl6O4S11Si3. The van der Waals surface area contributed by atoms with Gasteiger partial charge in [-0.15, -0.1) is 24.0 Å². The highest BCUT2D eigenvalue weighted by Crippen LogP contribution is 2.59. The number of ether oxygens (including phenoxy) is 1. The van der Waals surface area contributed by atoms with Crippen molar-refractivity contribution in [3.05, 3.63) is 140 Å². The fourth-order valence-electron chi connectivity index (χ4n) is 11.3. The molecule has 3 N–H and O–H groups in total. The van der Waals surface area contributed by atoms with Crippen LogP contribution in [0.25, 0.3) is 11.1 Å². The van der Waals surface area contributed by atoms with Crippen LogP contribution in [0.5, 0.6) is 5.75 Å². The first-order chi connectivity index (χ1) is 40.8. The minimum Gasteiger partial charge on any atom is -0.494 e. The van der Waals surface area contributed by atoms with E-state index >= 15 is 0 Å². The van der Waals surface area contributed by atoms with Gasteiger partial charge in [-0.2, -0.15) is 0 Å². The molecule has 0 amide bonds. The van der Waals surface area contributed by atoms with E-state index in [9.17, 15) is 15.3 Å². The number of methoxy groups -OCH3 is 1. The van der Waals surface area contributed by atoms with E-state index in [0.29, 0.717) is 44.6 Å². The summed E-state index contributed by atoms with van der Waals surface area (Å²) >= 11 is 47.2. The number of aliphatic hydroxyl groups excluding tert-OH is 3. The number of rotatable bonds is 8. The normalized spacial score (nSPS) is 20.5. The second-order valence-electron chi connectivity index (χ2n) is 26.1. The maximum Gasteiger partial charge on any atom is 0.156 e. The quantitative estimate of drug-likeness (QED) is 0.119. The fourth-order valence-corrected chi connectivity index (χ4v) is 36.7. The lowest BCUT2D eigenvalue weighted by Crippen LogP contribution is -2.37. The highest BCUT2D eigenvalue weighted by Gasteiger charge is 2.50. The van der Waals surface area contributed by atoms with Crippen LogP contribution in [0.2, 0.25) is 89.1 Å². The summed E-state index contributed by atoms with van der Waals surface area (Å²) in [5, 5.41) is 36.9. The molecule has 0 spiro atoms. The fraction of sp³-hybridized carbons (Fsp3) is 0.500. The first-order valence-electron chi connectivity index (χ1n) is 28.5. The molecule has 24 heteroatoms. The van der Waals surface area contributed by atoms with Crippen LogP contribution >= 0.6 is 69.6 Å². The zero-order valence-corrected chi connectivity index (χ0v) is 70.1. The van der Waals surface area contributed by atoms with Crippen LogP contribution in [0.3, 0.4) is 0 Å². The third kappa shape index (κ3) is 25.2. The van der Waals surface area contributed by atoms with Gasteiger partial charge in [-0.25, -0.2) is 0 Å². The average molecular weight is 1570 g/mol. The average Bonchev–Trinajstić information content (AvgIpc) is 1.41. The standard InChI is InChI=1S/2C21H28Cl2OSi.C12H14Cl2OSi.C10H16O.S11/c2*1-12-16-9-15(24)10-21(16,3)11-19(25(4,5)6)20(12)14-7-17(22)13(2)18(23)8-14;1-15-12-10(13)7-9(8-11(12)14)5-6-16(2,3)4;1-4-5-6-7-10(11)8-9(2)3;1-3-5-7-9-11-10-8-6-4-2/h7-8,15,24H,9-11H2,1-6H3;7-8,15-16,24H,1,9-11H2,2-6H3;7-8H,1-4H3;10-11H,2,4,7-8H2,1,3H3;/t15-,21+;15-,16+,21+;;10-;/m00.0./s1. The van der Waals surface area contributed by atoms with Crippen molar-refractivity contribution in [3.8, 4) is 29.1 Å². The zero-order chi connectivity index (χ0) is 66.9. The van der Waals surface area contributed by atoms with E-state index in [1.807, 2.05) is 39.8 Å². The number of hydrogen-bond donors (Lipinski definition) is 3. The largest absolute Gasteiger partial charge is 0.494 e. The van der Waals surface area contributed by atoms with Crippen LogP contribution in [0.15, 0.2) is 82.2 Å². The second-order valence-corrected chi connectivity index (χ2v) is 59.4. The van der Waals surface area contributed by atoms with Crippen molar-refractivity contribution in [3.63, 3.8) is 0 Å². The summed E-state index contributed by atoms with van der Waals surface area (Å²) in [7, 11) is 11.5.